The molecular weight excluding hydrogens is 382 g/mol. The Balaban J connectivity index is 1.55. The second kappa shape index (κ2) is 9.33. The first-order chi connectivity index (χ1) is 13.5. The van der Waals surface area contributed by atoms with E-state index in [4.69, 9.17) is 9.15 Å². The normalized spacial score (nSPS) is 15.5. The number of hydrogen-bond acceptors (Lipinski definition) is 6. The smallest absolute Gasteiger partial charge is 0.253 e. The number of carbonyl (C=O) groups excluding carboxylic acids is 1. The number of amides is 1. The third-order valence-corrected chi connectivity index (χ3v) is 6.05. The van der Waals surface area contributed by atoms with Crippen molar-refractivity contribution in [2.24, 2.45) is 0 Å². The molecule has 2 heterocycles. The molecule has 9 heteroatoms. The fourth-order valence-electron chi connectivity index (χ4n) is 2.88. The molecule has 0 saturated carbocycles. The SMILES string of the molecule is CN(CCN1CCOCC1)C(=O)c1ccc(S(=O)(=O)NCc2ccco2)cc1. The molecule has 0 aliphatic carbocycles. The summed E-state index contributed by atoms with van der Waals surface area (Å²) in [4.78, 5) is 16.6. The number of nitrogens with one attached hydrogen (secondary N) is 1. The Morgan fingerprint density at radius 2 is 1.89 bits per heavy atom. The van der Waals surface area contributed by atoms with Crippen molar-refractivity contribution in [3.63, 3.8) is 0 Å². The first kappa shape index (κ1) is 20.5. The summed E-state index contributed by atoms with van der Waals surface area (Å²) in [6, 6.07) is 9.34. The van der Waals surface area contributed by atoms with Crippen LogP contribution in [0.2, 0.25) is 0 Å². The van der Waals surface area contributed by atoms with Crippen LogP contribution in [0.15, 0.2) is 52.0 Å². The highest BCUT2D eigenvalue weighted by Gasteiger charge is 2.18. The molecule has 2 aromatic rings. The van der Waals surface area contributed by atoms with Gasteiger partial charge in [0.25, 0.3) is 5.91 Å². The lowest BCUT2D eigenvalue weighted by atomic mass is 10.2. The molecule has 0 unspecified atom stereocenters. The van der Waals surface area contributed by atoms with Crippen molar-refractivity contribution >= 4 is 15.9 Å². The fraction of sp³-hybridized carbons (Fsp3) is 0.421. The molecule has 1 aliphatic heterocycles. The van der Waals surface area contributed by atoms with E-state index in [2.05, 4.69) is 9.62 Å². The van der Waals surface area contributed by atoms with Gasteiger partial charge < -0.3 is 14.1 Å². The number of rotatable bonds is 8. The number of sulfonamides is 1. The molecule has 1 aromatic carbocycles. The van der Waals surface area contributed by atoms with Crippen molar-refractivity contribution in [2.45, 2.75) is 11.4 Å². The van der Waals surface area contributed by atoms with Crippen molar-refractivity contribution in [3.8, 4) is 0 Å². The van der Waals surface area contributed by atoms with E-state index >= 15 is 0 Å². The molecule has 1 aliphatic rings. The first-order valence-electron chi connectivity index (χ1n) is 9.13. The Hall–Kier alpha value is -2.20. The molecule has 8 nitrogen and oxygen atoms in total. The van der Waals surface area contributed by atoms with Crippen LogP contribution in [0.3, 0.4) is 0 Å². The quantitative estimate of drug-likeness (QED) is 0.706. The molecule has 1 amide bonds. The summed E-state index contributed by atoms with van der Waals surface area (Å²) in [6.45, 7) is 4.65. The minimum absolute atomic E-state index is 0.0697. The van der Waals surface area contributed by atoms with Gasteiger partial charge in [0.1, 0.15) is 5.76 Å². The Bertz CT molecular complexity index is 859. The van der Waals surface area contributed by atoms with Gasteiger partial charge in [-0.15, -0.1) is 0 Å². The number of ether oxygens (including phenoxy) is 1. The second-order valence-corrected chi connectivity index (χ2v) is 8.38. The van der Waals surface area contributed by atoms with Gasteiger partial charge in [-0.25, -0.2) is 13.1 Å². The van der Waals surface area contributed by atoms with Gasteiger partial charge in [0, 0.05) is 38.8 Å². The van der Waals surface area contributed by atoms with E-state index in [1.54, 1.807) is 24.1 Å². The molecule has 1 aromatic heterocycles. The van der Waals surface area contributed by atoms with E-state index < -0.39 is 10.0 Å². The van der Waals surface area contributed by atoms with Crippen LogP contribution in [-0.4, -0.2) is 70.6 Å². The standard InChI is InChI=1S/C19H25N3O5S/c1-21(8-9-22-10-13-26-14-11-22)19(23)16-4-6-18(7-5-16)28(24,25)20-15-17-3-2-12-27-17/h2-7,12,20H,8-11,13-15H2,1H3. The summed E-state index contributed by atoms with van der Waals surface area (Å²) in [5.41, 5.74) is 0.453. The predicted octanol–water partition coefficient (Wildman–Crippen LogP) is 1.16. The summed E-state index contributed by atoms with van der Waals surface area (Å²) in [5.74, 6) is 0.387. The van der Waals surface area contributed by atoms with Gasteiger partial charge in [-0.2, -0.15) is 0 Å². The molecule has 0 bridgehead atoms. The summed E-state index contributed by atoms with van der Waals surface area (Å²) >= 11 is 0. The average Bonchev–Trinajstić information content (AvgIpc) is 3.25. The van der Waals surface area contributed by atoms with E-state index in [9.17, 15) is 13.2 Å². The maximum Gasteiger partial charge on any atom is 0.253 e. The van der Waals surface area contributed by atoms with E-state index in [-0.39, 0.29) is 17.3 Å². The zero-order valence-electron chi connectivity index (χ0n) is 15.8. The van der Waals surface area contributed by atoms with Crippen molar-refractivity contribution in [1.29, 1.82) is 0 Å². The largest absolute Gasteiger partial charge is 0.468 e. The van der Waals surface area contributed by atoms with Crippen molar-refractivity contribution < 1.29 is 22.4 Å². The van der Waals surface area contributed by atoms with Crippen LogP contribution in [0.4, 0.5) is 0 Å². The Morgan fingerprint density at radius 1 is 1.18 bits per heavy atom. The topological polar surface area (TPSA) is 92.1 Å². The van der Waals surface area contributed by atoms with Gasteiger partial charge in [0.15, 0.2) is 0 Å². The third-order valence-electron chi connectivity index (χ3n) is 4.63. The number of benzene rings is 1. The number of morpholine rings is 1. The van der Waals surface area contributed by atoms with Crippen molar-refractivity contribution in [3.05, 3.63) is 54.0 Å². The lowest BCUT2D eigenvalue weighted by Crippen LogP contribution is -2.41. The highest BCUT2D eigenvalue weighted by molar-refractivity contribution is 7.89. The summed E-state index contributed by atoms with van der Waals surface area (Å²) in [6.07, 6.45) is 1.49. The second-order valence-electron chi connectivity index (χ2n) is 6.61. The summed E-state index contributed by atoms with van der Waals surface area (Å²) in [5, 5.41) is 0. The van der Waals surface area contributed by atoms with E-state index in [0.717, 1.165) is 32.8 Å². The molecule has 152 valence electrons. The van der Waals surface area contributed by atoms with Crippen LogP contribution in [-0.2, 0) is 21.3 Å². The Kier molecular flexibility index (Phi) is 6.84. The minimum atomic E-state index is -3.68. The molecule has 0 atom stereocenters. The number of furan rings is 1. The van der Waals surface area contributed by atoms with E-state index in [1.807, 2.05) is 0 Å². The zero-order chi connectivity index (χ0) is 20.0. The first-order valence-corrected chi connectivity index (χ1v) is 10.6. The van der Waals surface area contributed by atoms with E-state index in [1.165, 1.54) is 30.5 Å². The molecule has 3 rings (SSSR count). The molecule has 1 saturated heterocycles. The molecular formula is C19H25N3O5S. The lowest BCUT2D eigenvalue weighted by Gasteiger charge is -2.28. The number of hydrogen-bond donors (Lipinski definition) is 1. The Morgan fingerprint density at radius 3 is 2.54 bits per heavy atom. The van der Waals surface area contributed by atoms with Gasteiger partial charge in [-0.1, -0.05) is 0 Å². The van der Waals surface area contributed by atoms with Crippen LogP contribution in [0.1, 0.15) is 16.1 Å². The maximum atomic E-state index is 12.6. The molecule has 0 radical (unpaired) electrons. The third kappa shape index (κ3) is 5.41. The minimum Gasteiger partial charge on any atom is -0.468 e. The van der Waals surface area contributed by atoms with Crippen molar-refractivity contribution in [2.75, 3.05) is 46.4 Å². The average molecular weight is 407 g/mol. The molecule has 1 fully saturated rings. The number of nitrogens with zero attached hydrogens (tertiary/aromatic N) is 2. The van der Waals surface area contributed by atoms with Gasteiger partial charge in [0.05, 0.1) is 30.9 Å². The monoisotopic (exact) mass is 407 g/mol. The van der Waals surface area contributed by atoms with Crippen LogP contribution in [0, 0.1) is 0 Å². The molecule has 28 heavy (non-hydrogen) atoms. The number of carbonyl (C=O) groups is 1. The van der Waals surface area contributed by atoms with Gasteiger partial charge in [-0.05, 0) is 36.4 Å². The maximum absolute atomic E-state index is 12.6. The Labute approximate surface area is 165 Å². The fourth-order valence-corrected chi connectivity index (χ4v) is 3.87. The highest BCUT2D eigenvalue weighted by Crippen LogP contribution is 2.13. The van der Waals surface area contributed by atoms with Crippen molar-refractivity contribution in [1.82, 2.24) is 14.5 Å². The lowest BCUT2D eigenvalue weighted by molar-refractivity contribution is 0.0338. The van der Waals surface area contributed by atoms with Gasteiger partial charge >= 0.3 is 0 Å². The zero-order valence-corrected chi connectivity index (χ0v) is 16.7. The number of likely N-dealkylation sites (N-methyl/N-ethyl adjacent to an activating group) is 1. The van der Waals surface area contributed by atoms with E-state index in [0.29, 0.717) is 17.9 Å². The highest BCUT2D eigenvalue weighted by atomic mass is 32.2. The summed E-state index contributed by atoms with van der Waals surface area (Å²) in [7, 11) is -1.93. The van der Waals surface area contributed by atoms with Crippen LogP contribution < -0.4 is 4.72 Å². The predicted molar refractivity (Wildman–Crippen MR) is 103 cm³/mol. The molecule has 0 spiro atoms. The molecule has 1 N–H and O–H groups in total. The van der Waals surface area contributed by atoms with Gasteiger partial charge in [-0.3, -0.25) is 9.69 Å². The summed E-state index contributed by atoms with van der Waals surface area (Å²) < 4.78 is 37.6. The van der Waals surface area contributed by atoms with Crippen LogP contribution in [0.25, 0.3) is 0 Å². The van der Waals surface area contributed by atoms with Crippen LogP contribution >= 0.6 is 0 Å². The van der Waals surface area contributed by atoms with Gasteiger partial charge in [0.2, 0.25) is 10.0 Å². The van der Waals surface area contributed by atoms with Crippen LogP contribution in [0.5, 0.6) is 0 Å².